The minimum Gasteiger partial charge on any atom is -0.352 e. The van der Waals surface area contributed by atoms with Gasteiger partial charge in [-0.1, -0.05) is 11.6 Å². The van der Waals surface area contributed by atoms with Gasteiger partial charge in [0.2, 0.25) is 0 Å². The first-order chi connectivity index (χ1) is 14.0. The van der Waals surface area contributed by atoms with Crippen LogP contribution in [0.15, 0.2) is 30.3 Å². The molecule has 0 bridgehead atoms. The van der Waals surface area contributed by atoms with Crippen molar-refractivity contribution in [2.24, 2.45) is 0 Å². The number of carbonyl (C=O) groups is 1. The Hall–Kier alpha value is -2.41. The molecule has 154 valence electrons. The molecular formula is C21H25ClFN5O. The molecule has 2 aliphatic heterocycles. The molecule has 3 heterocycles. The zero-order chi connectivity index (χ0) is 20.4. The number of aromatic nitrogens is 2. The first-order valence-electron chi connectivity index (χ1n) is 10.1. The molecule has 4 rings (SSSR count). The Bertz CT molecular complexity index is 870. The molecule has 2 aromatic rings. The second-order valence-corrected chi connectivity index (χ2v) is 8.10. The summed E-state index contributed by atoms with van der Waals surface area (Å²) in [6.45, 7) is 5.70. The predicted molar refractivity (Wildman–Crippen MR) is 112 cm³/mol. The lowest BCUT2D eigenvalue weighted by Crippen LogP contribution is -2.49. The number of nitrogens with zero attached hydrogens (tertiary/aromatic N) is 5. The van der Waals surface area contributed by atoms with Crippen LogP contribution in [0.2, 0.25) is 5.02 Å². The maximum Gasteiger partial charge on any atom is 0.255 e. The van der Waals surface area contributed by atoms with Gasteiger partial charge in [0.05, 0.1) is 10.6 Å². The van der Waals surface area contributed by atoms with Gasteiger partial charge in [-0.15, -0.1) is 10.2 Å². The number of rotatable bonds is 3. The van der Waals surface area contributed by atoms with Crippen molar-refractivity contribution in [3.8, 4) is 0 Å². The first kappa shape index (κ1) is 19.9. The van der Waals surface area contributed by atoms with Crippen molar-refractivity contribution in [2.75, 3.05) is 42.5 Å². The molecule has 29 heavy (non-hydrogen) atoms. The summed E-state index contributed by atoms with van der Waals surface area (Å²) in [5.74, 6) is 1.14. The minimum atomic E-state index is -0.447. The zero-order valence-corrected chi connectivity index (χ0v) is 17.3. The van der Waals surface area contributed by atoms with E-state index >= 15 is 0 Å². The van der Waals surface area contributed by atoms with Gasteiger partial charge in [-0.25, -0.2) is 4.39 Å². The lowest BCUT2D eigenvalue weighted by atomic mass is 10.0. The third kappa shape index (κ3) is 4.29. The Balaban J connectivity index is 1.37. The van der Waals surface area contributed by atoms with Crippen molar-refractivity contribution in [1.82, 2.24) is 15.1 Å². The molecule has 1 amide bonds. The summed E-state index contributed by atoms with van der Waals surface area (Å²) in [6, 6.07) is 8.42. The van der Waals surface area contributed by atoms with Gasteiger partial charge < -0.3 is 14.7 Å². The molecule has 0 spiro atoms. The van der Waals surface area contributed by atoms with Crippen molar-refractivity contribution in [1.29, 1.82) is 0 Å². The first-order valence-corrected chi connectivity index (χ1v) is 10.5. The highest BCUT2D eigenvalue weighted by atomic mass is 35.5. The number of piperazine rings is 1. The number of halogens is 2. The van der Waals surface area contributed by atoms with E-state index in [0.29, 0.717) is 37.8 Å². The molecule has 1 aromatic carbocycles. The number of amides is 1. The molecular weight excluding hydrogens is 393 g/mol. The molecule has 1 aromatic heterocycles. The molecule has 2 aliphatic rings. The van der Waals surface area contributed by atoms with E-state index in [1.807, 2.05) is 12.1 Å². The summed E-state index contributed by atoms with van der Waals surface area (Å²) in [5.41, 5.74) is 0.335. The van der Waals surface area contributed by atoms with Crippen LogP contribution in [0.1, 0.15) is 36.5 Å². The van der Waals surface area contributed by atoms with Gasteiger partial charge in [-0.2, -0.15) is 0 Å². The number of piperidine rings is 1. The Labute approximate surface area is 175 Å². The van der Waals surface area contributed by atoms with Gasteiger partial charge >= 0.3 is 0 Å². The largest absolute Gasteiger partial charge is 0.352 e. The second kappa shape index (κ2) is 8.53. The SMILES string of the molecule is CC1CCCCN1c1ccc(N2CCN(C(=O)c3ccc(F)cc3Cl)CC2)nn1. The highest BCUT2D eigenvalue weighted by molar-refractivity contribution is 6.33. The molecule has 6 nitrogen and oxygen atoms in total. The third-order valence-electron chi connectivity index (χ3n) is 5.79. The van der Waals surface area contributed by atoms with Crippen molar-refractivity contribution < 1.29 is 9.18 Å². The Kier molecular flexibility index (Phi) is 5.85. The lowest BCUT2D eigenvalue weighted by Gasteiger charge is -2.36. The predicted octanol–water partition coefficient (Wildman–Crippen LogP) is 3.61. The number of anilines is 2. The monoisotopic (exact) mass is 417 g/mol. The average molecular weight is 418 g/mol. The summed E-state index contributed by atoms with van der Waals surface area (Å²) in [4.78, 5) is 18.9. The standard InChI is InChI=1S/C21H25ClFN5O/c1-15-4-2-3-9-28(15)20-8-7-19(24-25-20)26-10-12-27(13-11-26)21(29)17-6-5-16(23)14-18(17)22/h5-8,14-15H,2-4,9-13H2,1H3. The Morgan fingerprint density at radius 2 is 1.76 bits per heavy atom. The van der Waals surface area contributed by atoms with E-state index < -0.39 is 5.82 Å². The maximum absolute atomic E-state index is 13.2. The van der Waals surface area contributed by atoms with E-state index in [4.69, 9.17) is 11.6 Å². The van der Waals surface area contributed by atoms with Crippen LogP contribution in [0.3, 0.4) is 0 Å². The minimum absolute atomic E-state index is 0.144. The quantitative estimate of drug-likeness (QED) is 0.763. The van der Waals surface area contributed by atoms with Crippen LogP contribution in [-0.2, 0) is 0 Å². The highest BCUT2D eigenvalue weighted by Crippen LogP contribution is 2.24. The lowest BCUT2D eigenvalue weighted by molar-refractivity contribution is 0.0746. The van der Waals surface area contributed by atoms with E-state index in [1.165, 1.54) is 37.5 Å². The summed E-state index contributed by atoms with van der Waals surface area (Å²) in [7, 11) is 0. The van der Waals surface area contributed by atoms with Gasteiger partial charge in [-0.3, -0.25) is 4.79 Å². The van der Waals surface area contributed by atoms with Crippen molar-refractivity contribution in [2.45, 2.75) is 32.2 Å². The fraction of sp³-hybridized carbons (Fsp3) is 0.476. The Morgan fingerprint density at radius 3 is 2.41 bits per heavy atom. The highest BCUT2D eigenvalue weighted by Gasteiger charge is 2.25. The molecule has 0 aliphatic carbocycles. The summed E-state index contributed by atoms with van der Waals surface area (Å²) >= 11 is 6.04. The molecule has 1 unspecified atom stereocenters. The van der Waals surface area contributed by atoms with Gasteiger partial charge in [-0.05, 0) is 56.5 Å². The number of hydrogen-bond donors (Lipinski definition) is 0. The van der Waals surface area contributed by atoms with Crippen molar-refractivity contribution in [3.05, 3.63) is 46.7 Å². The molecule has 8 heteroatoms. The Morgan fingerprint density at radius 1 is 1.03 bits per heavy atom. The summed E-state index contributed by atoms with van der Waals surface area (Å²) in [5, 5.41) is 9.03. The van der Waals surface area contributed by atoms with Crippen LogP contribution in [0.25, 0.3) is 0 Å². The fourth-order valence-electron chi connectivity index (χ4n) is 4.05. The molecule has 2 saturated heterocycles. The van der Waals surface area contributed by atoms with E-state index in [2.05, 4.69) is 26.9 Å². The van der Waals surface area contributed by atoms with Gasteiger partial charge in [0.1, 0.15) is 5.82 Å². The van der Waals surface area contributed by atoms with Crippen LogP contribution < -0.4 is 9.80 Å². The van der Waals surface area contributed by atoms with Gasteiger partial charge in [0.25, 0.3) is 5.91 Å². The van der Waals surface area contributed by atoms with Crippen molar-refractivity contribution in [3.63, 3.8) is 0 Å². The molecule has 0 saturated carbocycles. The zero-order valence-electron chi connectivity index (χ0n) is 16.5. The number of benzene rings is 1. The molecule has 1 atom stereocenters. The maximum atomic E-state index is 13.2. The topological polar surface area (TPSA) is 52.6 Å². The molecule has 0 N–H and O–H groups in total. The van der Waals surface area contributed by atoms with Crippen LogP contribution in [0, 0.1) is 5.82 Å². The summed E-state index contributed by atoms with van der Waals surface area (Å²) in [6.07, 6.45) is 3.66. The van der Waals surface area contributed by atoms with Crippen LogP contribution in [0.4, 0.5) is 16.0 Å². The average Bonchev–Trinajstić information content (AvgIpc) is 2.74. The number of hydrogen-bond acceptors (Lipinski definition) is 5. The molecule has 0 radical (unpaired) electrons. The van der Waals surface area contributed by atoms with Gasteiger partial charge in [0, 0.05) is 38.8 Å². The normalized spacial score (nSPS) is 20.1. The van der Waals surface area contributed by atoms with Gasteiger partial charge in [0.15, 0.2) is 11.6 Å². The summed E-state index contributed by atoms with van der Waals surface area (Å²) < 4.78 is 13.2. The van der Waals surface area contributed by atoms with Crippen LogP contribution in [-0.4, -0.2) is 59.8 Å². The fourth-order valence-corrected chi connectivity index (χ4v) is 4.30. The smallest absolute Gasteiger partial charge is 0.255 e. The second-order valence-electron chi connectivity index (χ2n) is 7.69. The third-order valence-corrected chi connectivity index (χ3v) is 6.10. The number of carbonyl (C=O) groups excluding carboxylic acids is 1. The van der Waals surface area contributed by atoms with Crippen LogP contribution >= 0.6 is 11.6 Å². The van der Waals surface area contributed by atoms with E-state index in [1.54, 1.807) is 4.90 Å². The van der Waals surface area contributed by atoms with Crippen molar-refractivity contribution >= 4 is 29.1 Å². The molecule has 2 fully saturated rings. The van der Waals surface area contributed by atoms with Crippen LogP contribution in [0.5, 0.6) is 0 Å². The van der Waals surface area contributed by atoms with E-state index in [9.17, 15) is 9.18 Å². The van der Waals surface area contributed by atoms with E-state index in [-0.39, 0.29) is 10.9 Å². The van der Waals surface area contributed by atoms with E-state index in [0.717, 1.165) is 18.2 Å².